The smallest absolute Gasteiger partial charge is 0.227 e. The summed E-state index contributed by atoms with van der Waals surface area (Å²) >= 11 is 0. The van der Waals surface area contributed by atoms with Gasteiger partial charge in [-0.25, -0.2) is 0 Å². The highest BCUT2D eigenvalue weighted by Crippen LogP contribution is 2.28. The normalized spacial score (nSPS) is 29.5. The second kappa shape index (κ2) is 4.30. The summed E-state index contributed by atoms with van der Waals surface area (Å²) in [6, 6.07) is 0. The Hall–Kier alpha value is -0.570. The molecule has 0 aromatic rings. The molecule has 14 heavy (non-hydrogen) atoms. The Morgan fingerprint density at radius 2 is 2.00 bits per heavy atom. The first-order valence-electron chi connectivity index (χ1n) is 5.71. The van der Waals surface area contributed by atoms with Gasteiger partial charge in [0, 0.05) is 12.5 Å². The van der Waals surface area contributed by atoms with E-state index in [1.807, 2.05) is 11.8 Å². The molecule has 1 amide bonds. The van der Waals surface area contributed by atoms with Crippen molar-refractivity contribution in [2.24, 2.45) is 5.92 Å². The van der Waals surface area contributed by atoms with E-state index >= 15 is 0 Å². The van der Waals surface area contributed by atoms with Gasteiger partial charge in [-0.2, -0.15) is 0 Å². The molecule has 1 heterocycles. The summed E-state index contributed by atoms with van der Waals surface area (Å²) in [6.45, 7) is 3.66. The number of hydrogen-bond acceptors (Lipinski definition) is 2. The van der Waals surface area contributed by atoms with Crippen molar-refractivity contribution in [3.8, 4) is 0 Å². The van der Waals surface area contributed by atoms with Gasteiger partial charge in [0.1, 0.15) is 6.23 Å². The predicted molar refractivity (Wildman–Crippen MR) is 53.7 cm³/mol. The Morgan fingerprint density at radius 3 is 2.64 bits per heavy atom. The molecular weight excluding hydrogens is 178 g/mol. The fraction of sp³-hybridized carbons (Fsp3) is 0.909. The molecule has 1 atom stereocenters. The summed E-state index contributed by atoms with van der Waals surface area (Å²) in [4.78, 5) is 14.0. The minimum Gasteiger partial charge on any atom is -0.359 e. The van der Waals surface area contributed by atoms with E-state index in [9.17, 15) is 4.79 Å². The number of ether oxygens (including phenoxy) is 1. The van der Waals surface area contributed by atoms with Gasteiger partial charge in [0.2, 0.25) is 5.91 Å². The molecule has 1 aliphatic carbocycles. The van der Waals surface area contributed by atoms with E-state index in [2.05, 4.69) is 0 Å². The van der Waals surface area contributed by atoms with E-state index in [-0.39, 0.29) is 6.23 Å². The Kier molecular flexibility index (Phi) is 3.06. The highest BCUT2D eigenvalue weighted by molar-refractivity contribution is 5.79. The third-order valence-corrected chi connectivity index (χ3v) is 3.33. The maximum absolute atomic E-state index is 12.1. The second-order valence-corrected chi connectivity index (χ2v) is 4.34. The average molecular weight is 197 g/mol. The van der Waals surface area contributed by atoms with Gasteiger partial charge in [-0.15, -0.1) is 0 Å². The van der Waals surface area contributed by atoms with Crippen LogP contribution in [0.5, 0.6) is 0 Å². The van der Waals surface area contributed by atoms with E-state index in [0.717, 1.165) is 32.4 Å². The molecule has 0 aromatic heterocycles. The molecular formula is C11H19NO2. The van der Waals surface area contributed by atoms with Crippen LogP contribution in [-0.2, 0) is 9.53 Å². The Balaban J connectivity index is 1.94. The molecule has 0 spiro atoms. The fourth-order valence-corrected chi connectivity index (χ4v) is 2.46. The minimum absolute atomic E-state index is 0.00292. The van der Waals surface area contributed by atoms with Crippen LogP contribution in [-0.4, -0.2) is 30.2 Å². The Morgan fingerprint density at radius 1 is 1.29 bits per heavy atom. The molecule has 2 aliphatic rings. The van der Waals surface area contributed by atoms with Crippen LogP contribution in [0.25, 0.3) is 0 Å². The first kappa shape index (κ1) is 9.97. The fourth-order valence-electron chi connectivity index (χ4n) is 2.46. The van der Waals surface area contributed by atoms with Crippen molar-refractivity contribution in [3.05, 3.63) is 0 Å². The van der Waals surface area contributed by atoms with Crippen LogP contribution >= 0.6 is 0 Å². The van der Waals surface area contributed by atoms with Gasteiger partial charge < -0.3 is 9.64 Å². The molecule has 0 radical (unpaired) electrons. The van der Waals surface area contributed by atoms with Gasteiger partial charge in [-0.05, 0) is 26.2 Å². The minimum atomic E-state index is -0.00292. The van der Waals surface area contributed by atoms with Gasteiger partial charge >= 0.3 is 0 Å². The van der Waals surface area contributed by atoms with Crippen molar-refractivity contribution in [2.45, 2.75) is 45.3 Å². The third-order valence-electron chi connectivity index (χ3n) is 3.33. The molecule has 2 rings (SSSR count). The number of hydrogen-bond donors (Lipinski definition) is 0. The summed E-state index contributed by atoms with van der Waals surface area (Å²) in [5, 5.41) is 0. The van der Waals surface area contributed by atoms with E-state index < -0.39 is 0 Å². The maximum atomic E-state index is 12.1. The molecule has 1 aliphatic heterocycles. The monoisotopic (exact) mass is 197 g/mol. The largest absolute Gasteiger partial charge is 0.359 e. The zero-order chi connectivity index (χ0) is 9.97. The quantitative estimate of drug-likeness (QED) is 0.641. The summed E-state index contributed by atoms with van der Waals surface area (Å²) in [7, 11) is 0. The second-order valence-electron chi connectivity index (χ2n) is 4.34. The van der Waals surface area contributed by atoms with Gasteiger partial charge in [0.05, 0.1) is 6.61 Å². The third kappa shape index (κ3) is 1.92. The molecule has 1 unspecified atom stereocenters. The highest BCUT2D eigenvalue weighted by atomic mass is 16.5. The van der Waals surface area contributed by atoms with E-state index in [1.54, 1.807) is 0 Å². The van der Waals surface area contributed by atoms with Crippen molar-refractivity contribution in [2.75, 3.05) is 13.2 Å². The van der Waals surface area contributed by atoms with Crippen LogP contribution in [0.2, 0.25) is 0 Å². The van der Waals surface area contributed by atoms with E-state index in [1.165, 1.54) is 12.8 Å². The topological polar surface area (TPSA) is 29.5 Å². The Bertz CT molecular complexity index is 211. The van der Waals surface area contributed by atoms with E-state index in [0.29, 0.717) is 11.8 Å². The summed E-state index contributed by atoms with van der Waals surface area (Å²) in [5.74, 6) is 0.619. The van der Waals surface area contributed by atoms with Crippen molar-refractivity contribution in [1.82, 2.24) is 4.90 Å². The van der Waals surface area contributed by atoms with Crippen LogP contribution < -0.4 is 0 Å². The lowest BCUT2D eigenvalue weighted by Gasteiger charge is -2.35. The number of amides is 1. The van der Waals surface area contributed by atoms with E-state index in [4.69, 9.17) is 4.74 Å². The van der Waals surface area contributed by atoms with Crippen LogP contribution in [0.15, 0.2) is 0 Å². The van der Waals surface area contributed by atoms with Gasteiger partial charge in [0.25, 0.3) is 0 Å². The first-order chi connectivity index (χ1) is 6.79. The number of carbonyl (C=O) groups excluding carboxylic acids is 1. The molecule has 1 saturated carbocycles. The first-order valence-corrected chi connectivity index (χ1v) is 5.71. The zero-order valence-electron chi connectivity index (χ0n) is 8.87. The molecule has 0 N–H and O–H groups in total. The van der Waals surface area contributed by atoms with Crippen molar-refractivity contribution in [1.29, 1.82) is 0 Å². The lowest BCUT2D eigenvalue weighted by Crippen LogP contribution is -2.46. The summed E-state index contributed by atoms with van der Waals surface area (Å²) in [6.07, 6.45) is 5.60. The standard InChI is InChI=1S/C11H19NO2/c1-9-12(7-4-8-14-9)11(13)10-5-2-3-6-10/h9-10H,2-8H2,1H3. The zero-order valence-corrected chi connectivity index (χ0v) is 8.87. The van der Waals surface area contributed by atoms with Crippen molar-refractivity contribution >= 4 is 5.91 Å². The molecule has 1 saturated heterocycles. The number of rotatable bonds is 1. The van der Waals surface area contributed by atoms with Gasteiger partial charge in [-0.3, -0.25) is 4.79 Å². The van der Waals surface area contributed by atoms with Gasteiger partial charge in [0.15, 0.2) is 0 Å². The van der Waals surface area contributed by atoms with Crippen molar-refractivity contribution in [3.63, 3.8) is 0 Å². The van der Waals surface area contributed by atoms with Gasteiger partial charge in [-0.1, -0.05) is 12.8 Å². The lowest BCUT2D eigenvalue weighted by atomic mass is 10.1. The van der Waals surface area contributed by atoms with Crippen LogP contribution in [0.4, 0.5) is 0 Å². The average Bonchev–Trinajstić information content (AvgIpc) is 2.70. The number of carbonyl (C=O) groups is 1. The van der Waals surface area contributed by atoms with Crippen LogP contribution in [0.3, 0.4) is 0 Å². The summed E-state index contributed by atoms with van der Waals surface area (Å²) in [5.41, 5.74) is 0. The summed E-state index contributed by atoms with van der Waals surface area (Å²) < 4.78 is 5.48. The molecule has 0 aromatic carbocycles. The van der Waals surface area contributed by atoms with Crippen molar-refractivity contribution < 1.29 is 9.53 Å². The predicted octanol–water partition coefficient (Wildman–Crippen LogP) is 1.77. The molecule has 80 valence electrons. The number of nitrogens with zero attached hydrogens (tertiary/aromatic N) is 1. The lowest BCUT2D eigenvalue weighted by molar-refractivity contribution is -0.156. The maximum Gasteiger partial charge on any atom is 0.227 e. The molecule has 2 fully saturated rings. The SMILES string of the molecule is CC1OCCCN1C(=O)C1CCCC1. The van der Waals surface area contributed by atoms with Crippen LogP contribution in [0, 0.1) is 5.92 Å². The molecule has 3 nitrogen and oxygen atoms in total. The molecule has 3 heteroatoms. The Labute approximate surface area is 85.4 Å². The molecule has 0 bridgehead atoms. The highest BCUT2D eigenvalue weighted by Gasteiger charge is 2.31. The van der Waals surface area contributed by atoms with Crippen LogP contribution in [0.1, 0.15) is 39.0 Å².